The fourth-order valence-corrected chi connectivity index (χ4v) is 1.18. The molecule has 6 nitrogen and oxygen atoms in total. The van der Waals surface area contributed by atoms with Gasteiger partial charge in [-0.1, -0.05) is 6.92 Å². The average molecular weight is 212 g/mol. The van der Waals surface area contributed by atoms with Gasteiger partial charge in [0, 0.05) is 13.2 Å². The van der Waals surface area contributed by atoms with Crippen LogP contribution in [0.1, 0.15) is 23.8 Å². The molecule has 1 unspecified atom stereocenters. The van der Waals surface area contributed by atoms with Gasteiger partial charge in [0.15, 0.2) is 0 Å². The number of aromatic nitrogens is 2. The number of nitrogens with two attached hydrogens (primary N) is 1. The van der Waals surface area contributed by atoms with Gasteiger partial charge in [0.05, 0.1) is 12.6 Å². The van der Waals surface area contributed by atoms with Crippen LogP contribution in [0.25, 0.3) is 0 Å². The molecular weight excluding hydrogens is 196 g/mol. The smallest absolute Gasteiger partial charge is 0.269 e. The number of nitrogens with one attached hydrogen (secondary N) is 2. The first-order valence-corrected chi connectivity index (χ1v) is 4.78. The van der Waals surface area contributed by atoms with Crippen molar-refractivity contribution >= 4 is 11.7 Å². The second-order valence-corrected chi connectivity index (χ2v) is 3.24. The van der Waals surface area contributed by atoms with Gasteiger partial charge in [0.25, 0.3) is 5.91 Å². The average Bonchev–Trinajstić information content (AvgIpc) is 2.64. The van der Waals surface area contributed by atoms with Gasteiger partial charge < -0.3 is 15.8 Å². The second-order valence-electron chi connectivity index (χ2n) is 3.24. The highest BCUT2D eigenvalue weighted by Crippen LogP contribution is 2.01. The van der Waals surface area contributed by atoms with E-state index < -0.39 is 0 Å². The van der Waals surface area contributed by atoms with Gasteiger partial charge in [-0.2, -0.15) is 5.10 Å². The maximum absolute atomic E-state index is 11.6. The Hall–Kier alpha value is -1.56. The number of methoxy groups -OCH3 is 1. The molecule has 1 amide bonds. The lowest BCUT2D eigenvalue weighted by Gasteiger charge is -2.14. The summed E-state index contributed by atoms with van der Waals surface area (Å²) >= 11 is 0. The number of ether oxygens (including phenoxy) is 1. The molecule has 0 aliphatic rings. The number of hydrogen-bond acceptors (Lipinski definition) is 4. The Balaban J connectivity index is 2.54. The maximum Gasteiger partial charge on any atom is 0.269 e. The van der Waals surface area contributed by atoms with Crippen LogP contribution < -0.4 is 11.1 Å². The van der Waals surface area contributed by atoms with Crippen molar-refractivity contribution in [3.05, 3.63) is 11.8 Å². The molecule has 0 aliphatic carbocycles. The Bertz CT molecular complexity index is 324. The highest BCUT2D eigenvalue weighted by atomic mass is 16.5. The number of hydrogen-bond donors (Lipinski definition) is 3. The summed E-state index contributed by atoms with van der Waals surface area (Å²) in [4.78, 5) is 11.6. The Morgan fingerprint density at radius 3 is 3.00 bits per heavy atom. The van der Waals surface area contributed by atoms with Crippen molar-refractivity contribution in [2.75, 3.05) is 19.5 Å². The number of carbonyl (C=O) groups is 1. The number of carbonyl (C=O) groups excluding carboxylic acids is 1. The van der Waals surface area contributed by atoms with E-state index in [4.69, 9.17) is 10.5 Å². The number of nitrogens with zero attached hydrogens (tertiary/aromatic N) is 1. The van der Waals surface area contributed by atoms with Gasteiger partial charge in [-0.3, -0.25) is 9.89 Å². The topological polar surface area (TPSA) is 93.0 Å². The van der Waals surface area contributed by atoms with Gasteiger partial charge in [-0.15, -0.1) is 0 Å². The monoisotopic (exact) mass is 212 g/mol. The summed E-state index contributed by atoms with van der Waals surface area (Å²) in [6.07, 6.45) is 0.809. The van der Waals surface area contributed by atoms with Crippen LogP contribution in [0.2, 0.25) is 0 Å². The zero-order chi connectivity index (χ0) is 11.3. The number of H-pyrrole nitrogens is 1. The first-order chi connectivity index (χ1) is 7.17. The second kappa shape index (κ2) is 5.35. The molecule has 0 spiro atoms. The highest BCUT2D eigenvalue weighted by molar-refractivity contribution is 5.93. The summed E-state index contributed by atoms with van der Waals surface area (Å²) in [7, 11) is 1.60. The van der Waals surface area contributed by atoms with E-state index >= 15 is 0 Å². The minimum Gasteiger partial charge on any atom is -0.383 e. The van der Waals surface area contributed by atoms with Crippen LogP contribution in [0, 0.1) is 0 Å². The summed E-state index contributed by atoms with van der Waals surface area (Å²) in [5, 5.41) is 9.03. The standard InChI is InChI=1S/C9H16N4O2/c1-3-6(5-15-2)11-9(14)7-4-8(10)13-12-7/h4,6H,3,5H2,1-2H3,(H,11,14)(H3,10,12,13). The normalized spacial score (nSPS) is 12.4. The van der Waals surface area contributed by atoms with Crippen LogP contribution in [-0.2, 0) is 4.74 Å². The van der Waals surface area contributed by atoms with E-state index in [1.54, 1.807) is 7.11 Å². The van der Waals surface area contributed by atoms with Crippen LogP contribution in [0.15, 0.2) is 6.07 Å². The molecule has 0 aliphatic heterocycles. The zero-order valence-corrected chi connectivity index (χ0v) is 8.91. The molecule has 0 aromatic carbocycles. The first kappa shape index (κ1) is 11.5. The Morgan fingerprint density at radius 2 is 2.53 bits per heavy atom. The molecule has 1 atom stereocenters. The molecule has 15 heavy (non-hydrogen) atoms. The molecular formula is C9H16N4O2. The fourth-order valence-electron chi connectivity index (χ4n) is 1.18. The molecule has 84 valence electrons. The van der Waals surface area contributed by atoms with Crippen molar-refractivity contribution in [2.24, 2.45) is 0 Å². The Morgan fingerprint density at radius 1 is 1.80 bits per heavy atom. The Labute approximate surface area is 88.2 Å². The molecule has 0 radical (unpaired) electrons. The lowest BCUT2D eigenvalue weighted by molar-refractivity contribution is 0.0889. The summed E-state index contributed by atoms with van der Waals surface area (Å²) < 4.78 is 4.97. The number of nitrogen functional groups attached to an aromatic ring is 1. The predicted octanol–water partition coefficient (Wildman–Crippen LogP) is 0.147. The van der Waals surface area contributed by atoms with Crippen LogP contribution >= 0.6 is 0 Å². The Kier molecular flexibility index (Phi) is 4.11. The van der Waals surface area contributed by atoms with Gasteiger partial charge in [0.1, 0.15) is 11.5 Å². The van der Waals surface area contributed by atoms with Gasteiger partial charge >= 0.3 is 0 Å². The summed E-state index contributed by atoms with van der Waals surface area (Å²) in [6, 6.07) is 1.50. The quantitative estimate of drug-likeness (QED) is 0.647. The van der Waals surface area contributed by atoms with Crippen molar-refractivity contribution in [3.8, 4) is 0 Å². The number of aromatic amines is 1. The minimum atomic E-state index is -0.219. The van der Waals surface area contributed by atoms with Crippen LogP contribution in [0.3, 0.4) is 0 Å². The van der Waals surface area contributed by atoms with E-state index in [-0.39, 0.29) is 11.9 Å². The molecule has 1 aromatic rings. The van der Waals surface area contributed by atoms with Crippen molar-refractivity contribution in [2.45, 2.75) is 19.4 Å². The third kappa shape index (κ3) is 3.25. The fraction of sp³-hybridized carbons (Fsp3) is 0.556. The molecule has 0 saturated heterocycles. The molecule has 0 saturated carbocycles. The van der Waals surface area contributed by atoms with Crippen molar-refractivity contribution in [3.63, 3.8) is 0 Å². The van der Waals surface area contributed by atoms with E-state index in [0.717, 1.165) is 6.42 Å². The predicted molar refractivity (Wildman–Crippen MR) is 56.4 cm³/mol. The van der Waals surface area contributed by atoms with Crippen molar-refractivity contribution in [1.29, 1.82) is 0 Å². The summed E-state index contributed by atoms with van der Waals surface area (Å²) in [6.45, 7) is 2.47. The molecule has 0 fully saturated rings. The number of anilines is 1. The summed E-state index contributed by atoms with van der Waals surface area (Å²) in [5.41, 5.74) is 5.75. The van der Waals surface area contributed by atoms with Gasteiger partial charge in [-0.25, -0.2) is 0 Å². The van der Waals surface area contributed by atoms with Crippen LogP contribution in [0.4, 0.5) is 5.82 Å². The number of amides is 1. The molecule has 0 bridgehead atoms. The lowest BCUT2D eigenvalue weighted by atomic mass is 10.2. The van der Waals surface area contributed by atoms with Crippen LogP contribution in [-0.4, -0.2) is 35.9 Å². The van der Waals surface area contributed by atoms with E-state index in [1.807, 2.05) is 6.92 Å². The molecule has 1 rings (SSSR count). The molecule has 6 heteroatoms. The summed E-state index contributed by atoms with van der Waals surface area (Å²) in [5.74, 6) is 0.0861. The first-order valence-electron chi connectivity index (χ1n) is 4.78. The third-order valence-corrected chi connectivity index (χ3v) is 2.04. The van der Waals surface area contributed by atoms with E-state index in [2.05, 4.69) is 15.5 Å². The lowest BCUT2D eigenvalue weighted by Crippen LogP contribution is -2.37. The van der Waals surface area contributed by atoms with Crippen molar-refractivity contribution < 1.29 is 9.53 Å². The molecule has 4 N–H and O–H groups in total. The third-order valence-electron chi connectivity index (χ3n) is 2.04. The highest BCUT2D eigenvalue weighted by Gasteiger charge is 2.13. The van der Waals surface area contributed by atoms with E-state index in [9.17, 15) is 4.79 Å². The van der Waals surface area contributed by atoms with Crippen LogP contribution in [0.5, 0.6) is 0 Å². The number of rotatable bonds is 5. The van der Waals surface area contributed by atoms with Gasteiger partial charge in [-0.05, 0) is 6.42 Å². The molecule has 1 heterocycles. The zero-order valence-electron chi connectivity index (χ0n) is 8.91. The maximum atomic E-state index is 11.6. The minimum absolute atomic E-state index is 0.00650. The largest absolute Gasteiger partial charge is 0.383 e. The van der Waals surface area contributed by atoms with Gasteiger partial charge in [0.2, 0.25) is 0 Å². The SMILES string of the molecule is CCC(COC)NC(=O)c1cc(N)n[nH]1. The van der Waals surface area contributed by atoms with Crippen molar-refractivity contribution in [1.82, 2.24) is 15.5 Å². The van der Waals surface area contributed by atoms with E-state index in [0.29, 0.717) is 18.1 Å². The van der Waals surface area contributed by atoms with E-state index in [1.165, 1.54) is 6.07 Å². The molecule has 1 aromatic heterocycles.